The molecule has 0 aliphatic carbocycles. The summed E-state index contributed by atoms with van der Waals surface area (Å²) in [6.07, 6.45) is 1.16. The van der Waals surface area contributed by atoms with Gasteiger partial charge in [0.15, 0.2) is 0 Å². The van der Waals surface area contributed by atoms with E-state index in [1.54, 1.807) is 0 Å². The summed E-state index contributed by atoms with van der Waals surface area (Å²) >= 11 is 3.81. The van der Waals surface area contributed by atoms with Crippen molar-refractivity contribution < 1.29 is 14.2 Å². The highest BCUT2D eigenvalue weighted by molar-refractivity contribution is 9.09. The van der Waals surface area contributed by atoms with Gasteiger partial charge in [-0.2, -0.15) is 0 Å². The highest BCUT2D eigenvalue weighted by atomic mass is 79.9. The molecule has 1 aliphatic heterocycles. The van der Waals surface area contributed by atoms with Gasteiger partial charge in [0.1, 0.15) is 0 Å². The van der Waals surface area contributed by atoms with Crippen molar-refractivity contribution in [2.75, 3.05) is 19.8 Å². The molecule has 1 fully saturated rings. The minimum atomic E-state index is 0.164. The highest BCUT2D eigenvalue weighted by Gasteiger charge is 2.32. The van der Waals surface area contributed by atoms with Crippen molar-refractivity contribution in [3.8, 4) is 0 Å². The number of halogens is 1. The molecule has 0 saturated carbocycles. The van der Waals surface area contributed by atoms with Crippen molar-refractivity contribution >= 4 is 15.9 Å². The van der Waals surface area contributed by atoms with E-state index >= 15 is 0 Å². The van der Waals surface area contributed by atoms with Gasteiger partial charge >= 0.3 is 0 Å². The standard InChI is InChI=1S/C23H29BrO3/c1-18-13-27-23(12-22(18)24)21(16-25-14-19-8-4-2-5-9-19)17-26-15-20-10-6-3-7-11-20/h2-11,18,21-23H,12-17H2,1H3. The van der Waals surface area contributed by atoms with E-state index in [0.29, 0.717) is 37.2 Å². The predicted molar refractivity (Wildman–Crippen MR) is 112 cm³/mol. The minimum absolute atomic E-state index is 0.164. The average molecular weight is 433 g/mol. The van der Waals surface area contributed by atoms with Crippen LogP contribution in [0.15, 0.2) is 60.7 Å². The molecule has 0 amide bonds. The Balaban J connectivity index is 1.52. The number of alkyl halides is 1. The molecule has 4 heteroatoms. The maximum absolute atomic E-state index is 6.14. The van der Waals surface area contributed by atoms with Crippen molar-refractivity contribution in [1.29, 1.82) is 0 Å². The molecule has 3 atom stereocenters. The first-order valence-corrected chi connectivity index (χ1v) is 10.6. The summed E-state index contributed by atoms with van der Waals surface area (Å²) in [4.78, 5) is 0.488. The maximum Gasteiger partial charge on any atom is 0.0717 e. The molecule has 3 unspecified atom stereocenters. The van der Waals surface area contributed by atoms with Crippen LogP contribution in [0.1, 0.15) is 24.5 Å². The average Bonchev–Trinajstić information content (AvgIpc) is 2.70. The molecule has 1 heterocycles. The van der Waals surface area contributed by atoms with Crippen molar-refractivity contribution in [2.24, 2.45) is 11.8 Å². The smallest absolute Gasteiger partial charge is 0.0717 e. The van der Waals surface area contributed by atoms with Crippen LogP contribution >= 0.6 is 15.9 Å². The van der Waals surface area contributed by atoms with Gasteiger partial charge in [0.2, 0.25) is 0 Å². The van der Waals surface area contributed by atoms with Crippen LogP contribution in [0.5, 0.6) is 0 Å². The minimum Gasteiger partial charge on any atom is -0.377 e. The summed E-state index contributed by atoms with van der Waals surface area (Å²) in [5.74, 6) is 0.766. The third kappa shape index (κ3) is 6.72. The van der Waals surface area contributed by atoms with Crippen LogP contribution in [0.25, 0.3) is 0 Å². The molecular weight excluding hydrogens is 404 g/mol. The van der Waals surface area contributed by atoms with Gasteiger partial charge in [-0.15, -0.1) is 0 Å². The molecule has 27 heavy (non-hydrogen) atoms. The number of hydrogen-bond acceptors (Lipinski definition) is 3. The van der Waals surface area contributed by atoms with Crippen LogP contribution in [0.3, 0.4) is 0 Å². The molecule has 0 aromatic heterocycles. The largest absolute Gasteiger partial charge is 0.377 e. The number of ether oxygens (including phenoxy) is 3. The summed E-state index contributed by atoms with van der Waals surface area (Å²) in [7, 11) is 0. The van der Waals surface area contributed by atoms with E-state index < -0.39 is 0 Å². The second kappa shape index (κ2) is 11.0. The van der Waals surface area contributed by atoms with E-state index in [4.69, 9.17) is 14.2 Å². The summed E-state index contributed by atoms with van der Waals surface area (Å²) in [5, 5.41) is 0. The number of benzene rings is 2. The van der Waals surface area contributed by atoms with E-state index in [0.717, 1.165) is 13.0 Å². The SMILES string of the molecule is CC1COC(C(COCc2ccccc2)COCc2ccccc2)CC1Br. The van der Waals surface area contributed by atoms with Gasteiger partial charge < -0.3 is 14.2 Å². The van der Waals surface area contributed by atoms with Crippen LogP contribution in [0, 0.1) is 11.8 Å². The Labute approximate surface area is 171 Å². The second-order valence-corrected chi connectivity index (χ2v) is 8.54. The van der Waals surface area contributed by atoms with Gasteiger partial charge in [0.05, 0.1) is 39.1 Å². The normalized spacial score (nSPS) is 22.9. The van der Waals surface area contributed by atoms with Crippen LogP contribution < -0.4 is 0 Å². The van der Waals surface area contributed by atoms with E-state index in [9.17, 15) is 0 Å². The van der Waals surface area contributed by atoms with Gasteiger partial charge in [-0.25, -0.2) is 0 Å². The summed E-state index contributed by atoms with van der Waals surface area (Å²) in [5.41, 5.74) is 2.39. The molecule has 0 radical (unpaired) electrons. The lowest BCUT2D eigenvalue weighted by Gasteiger charge is -2.35. The predicted octanol–water partition coefficient (Wildman–Crippen LogP) is 5.22. The first kappa shape index (κ1) is 20.5. The molecule has 2 aromatic carbocycles. The summed E-state index contributed by atoms with van der Waals surface area (Å²) in [6, 6.07) is 20.6. The van der Waals surface area contributed by atoms with E-state index in [2.05, 4.69) is 47.1 Å². The molecule has 3 rings (SSSR count). The number of rotatable bonds is 9. The Bertz CT molecular complexity index is 604. The Hall–Kier alpha value is -1.20. The van der Waals surface area contributed by atoms with Crippen molar-refractivity contribution in [3.63, 3.8) is 0 Å². The first-order chi connectivity index (χ1) is 13.2. The maximum atomic E-state index is 6.14. The highest BCUT2D eigenvalue weighted by Crippen LogP contribution is 2.30. The fourth-order valence-corrected chi connectivity index (χ4v) is 3.82. The summed E-state index contributed by atoms with van der Waals surface area (Å²) in [6.45, 7) is 5.54. The third-order valence-corrected chi connectivity index (χ3v) is 6.34. The first-order valence-electron chi connectivity index (χ1n) is 9.71. The lowest BCUT2D eigenvalue weighted by molar-refractivity contribution is -0.0874. The fraction of sp³-hybridized carbons (Fsp3) is 0.478. The molecule has 2 aromatic rings. The third-order valence-electron chi connectivity index (χ3n) is 5.06. The Morgan fingerprint density at radius 2 is 1.44 bits per heavy atom. The van der Waals surface area contributed by atoms with Gasteiger partial charge in [-0.1, -0.05) is 83.5 Å². The lowest BCUT2D eigenvalue weighted by Crippen LogP contribution is -2.40. The zero-order chi connectivity index (χ0) is 18.9. The van der Waals surface area contributed by atoms with Crippen LogP contribution in [0.4, 0.5) is 0 Å². The van der Waals surface area contributed by atoms with Gasteiger partial charge in [-0.05, 0) is 23.5 Å². The van der Waals surface area contributed by atoms with E-state index in [1.807, 2.05) is 36.4 Å². The molecule has 0 N–H and O–H groups in total. The fourth-order valence-electron chi connectivity index (χ4n) is 3.30. The quantitative estimate of drug-likeness (QED) is 0.508. The van der Waals surface area contributed by atoms with Gasteiger partial charge in [-0.3, -0.25) is 0 Å². The lowest BCUT2D eigenvalue weighted by atomic mass is 9.92. The monoisotopic (exact) mass is 432 g/mol. The summed E-state index contributed by atoms with van der Waals surface area (Å²) < 4.78 is 18.2. The Morgan fingerprint density at radius 3 is 1.93 bits per heavy atom. The Kier molecular flexibility index (Phi) is 8.34. The van der Waals surface area contributed by atoms with Crippen molar-refractivity contribution in [1.82, 2.24) is 0 Å². The van der Waals surface area contributed by atoms with Gasteiger partial charge in [0.25, 0.3) is 0 Å². The van der Waals surface area contributed by atoms with Crippen molar-refractivity contribution in [3.05, 3.63) is 71.8 Å². The van der Waals surface area contributed by atoms with E-state index in [1.165, 1.54) is 11.1 Å². The molecule has 0 spiro atoms. The van der Waals surface area contributed by atoms with Crippen LogP contribution in [-0.2, 0) is 27.4 Å². The van der Waals surface area contributed by atoms with Gasteiger partial charge in [0, 0.05) is 10.7 Å². The molecular formula is C23H29BrO3. The molecule has 1 saturated heterocycles. The molecule has 3 nitrogen and oxygen atoms in total. The zero-order valence-corrected chi connectivity index (χ0v) is 17.5. The molecule has 0 bridgehead atoms. The zero-order valence-electron chi connectivity index (χ0n) is 15.9. The molecule has 146 valence electrons. The second-order valence-electron chi connectivity index (χ2n) is 7.36. The van der Waals surface area contributed by atoms with Crippen LogP contribution in [0.2, 0.25) is 0 Å². The molecule has 1 aliphatic rings. The van der Waals surface area contributed by atoms with E-state index in [-0.39, 0.29) is 12.0 Å². The topological polar surface area (TPSA) is 27.7 Å². The van der Waals surface area contributed by atoms with Crippen LogP contribution in [-0.4, -0.2) is 30.8 Å². The Morgan fingerprint density at radius 1 is 0.926 bits per heavy atom. The van der Waals surface area contributed by atoms with Crippen molar-refractivity contribution in [2.45, 2.75) is 37.5 Å². The number of hydrogen-bond donors (Lipinski definition) is 0.